The molecule has 1 aliphatic rings. The predicted octanol–water partition coefficient (Wildman–Crippen LogP) is 4.00. The van der Waals surface area contributed by atoms with Crippen molar-refractivity contribution in [2.24, 2.45) is 10.5 Å². The smallest absolute Gasteiger partial charge is 0.407 e. The molecule has 9 nitrogen and oxygen atoms in total. The summed E-state index contributed by atoms with van der Waals surface area (Å²) in [5.41, 5.74) is 12.1. The monoisotopic (exact) mass is 452 g/mol. The first kappa shape index (κ1) is 24.1. The Labute approximate surface area is 193 Å². The lowest BCUT2D eigenvalue weighted by molar-refractivity contribution is -0.877. The average molecular weight is 453 g/mol. The highest BCUT2D eigenvalue weighted by atomic mass is 16.5. The molecule has 0 saturated carbocycles. The van der Waals surface area contributed by atoms with Gasteiger partial charge in [-0.15, -0.1) is 0 Å². The topological polar surface area (TPSA) is 124 Å². The highest BCUT2D eigenvalue weighted by Gasteiger charge is 2.44. The second kappa shape index (κ2) is 9.52. The number of carbonyl (C=O) groups is 2. The van der Waals surface area contributed by atoms with E-state index in [-0.39, 0.29) is 19.1 Å². The Morgan fingerprint density at radius 3 is 2.18 bits per heavy atom. The van der Waals surface area contributed by atoms with Crippen molar-refractivity contribution in [2.75, 3.05) is 40.8 Å². The molecule has 2 aromatic carbocycles. The number of benzene rings is 2. The lowest BCUT2D eigenvalue weighted by atomic mass is 9.81. The molecule has 0 aliphatic heterocycles. The zero-order chi connectivity index (χ0) is 24.2. The third kappa shape index (κ3) is 5.45. The minimum absolute atomic E-state index is 0.0780. The second-order valence-corrected chi connectivity index (χ2v) is 9.73. The second-order valence-electron chi connectivity index (χ2n) is 9.73. The summed E-state index contributed by atoms with van der Waals surface area (Å²) in [6, 6.07) is 14.7. The van der Waals surface area contributed by atoms with Gasteiger partial charge < -0.3 is 19.6 Å². The summed E-state index contributed by atoms with van der Waals surface area (Å²) < 4.78 is 5.95. The Bertz CT molecular complexity index is 1040. The van der Waals surface area contributed by atoms with E-state index in [1.807, 2.05) is 69.7 Å². The van der Waals surface area contributed by atoms with E-state index < -0.39 is 23.5 Å². The fraction of sp³-hybridized carbons (Fsp3) is 0.417. The molecule has 0 saturated heterocycles. The van der Waals surface area contributed by atoms with E-state index in [1.165, 1.54) is 0 Å². The quantitative estimate of drug-likeness (QED) is 0.258. The van der Waals surface area contributed by atoms with Gasteiger partial charge in [0.25, 0.3) is 0 Å². The van der Waals surface area contributed by atoms with Crippen LogP contribution in [0.4, 0.5) is 4.79 Å². The third-order valence-electron chi connectivity index (χ3n) is 5.88. The van der Waals surface area contributed by atoms with E-state index in [2.05, 4.69) is 15.3 Å². The van der Waals surface area contributed by atoms with Crippen LogP contribution in [0.2, 0.25) is 0 Å². The maximum absolute atomic E-state index is 12.7. The molecule has 0 heterocycles. The fourth-order valence-electron chi connectivity index (χ4n) is 4.80. The van der Waals surface area contributed by atoms with Crippen molar-refractivity contribution < 1.29 is 23.9 Å². The van der Waals surface area contributed by atoms with Crippen molar-refractivity contribution in [3.05, 3.63) is 70.1 Å². The average Bonchev–Trinajstić information content (AvgIpc) is 3.07. The van der Waals surface area contributed by atoms with Crippen LogP contribution in [-0.4, -0.2) is 68.5 Å². The largest absolute Gasteiger partial charge is 0.480 e. The number of carboxylic acid groups (broad SMARTS) is 1. The standard InChI is InChI=1S/C24H29N5O4/c1-24(14-26-28-25,15-29(2,3)4)21(22(30)31)27-23(32)33-13-20-18-11-7-5-9-16(18)17-10-6-8-12-19(17)20/h5-12,20-21H,13-15H2,1-4H3,(H-,27,30,31,32)/p+1/t21-,24+/m0/s1. The van der Waals surface area contributed by atoms with E-state index in [0.29, 0.717) is 11.0 Å². The lowest BCUT2D eigenvalue weighted by Gasteiger charge is -2.39. The van der Waals surface area contributed by atoms with Gasteiger partial charge in [-0.05, 0) is 27.8 Å². The number of alkyl carbamates (subject to hydrolysis) is 1. The molecule has 33 heavy (non-hydrogen) atoms. The van der Waals surface area contributed by atoms with Gasteiger partial charge >= 0.3 is 12.1 Å². The van der Waals surface area contributed by atoms with Gasteiger partial charge in [-0.2, -0.15) is 0 Å². The van der Waals surface area contributed by atoms with Gasteiger partial charge in [0, 0.05) is 17.4 Å². The summed E-state index contributed by atoms with van der Waals surface area (Å²) in [4.78, 5) is 27.6. The van der Waals surface area contributed by atoms with Gasteiger partial charge in [0.2, 0.25) is 0 Å². The number of carbonyl (C=O) groups excluding carboxylic acids is 1. The normalized spacial score (nSPS) is 15.4. The van der Waals surface area contributed by atoms with E-state index in [0.717, 1.165) is 22.3 Å². The zero-order valence-corrected chi connectivity index (χ0v) is 19.4. The SMILES string of the molecule is C[C@@](CN=[N+]=[N-])(C[N+](C)(C)C)[C@@H](NC(=O)OCC1c2ccccc2-c2ccccc21)C(=O)O. The minimum Gasteiger partial charge on any atom is -0.480 e. The number of hydrogen-bond acceptors (Lipinski definition) is 4. The summed E-state index contributed by atoms with van der Waals surface area (Å²) in [6.45, 7) is 2.04. The summed E-state index contributed by atoms with van der Waals surface area (Å²) in [5, 5.41) is 16.0. The first-order chi connectivity index (χ1) is 15.6. The van der Waals surface area contributed by atoms with Gasteiger partial charge in [-0.3, -0.25) is 0 Å². The number of nitrogens with one attached hydrogen (secondary N) is 1. The Morgan fingerprint density at radius 1 is 1.15 bits per heavy atom. The van der Waals surface area contributed by atoms with E-state index in [9.17, 15) is 14.7 Å². The van der Waals surface area contributed by atoms with Crippen LogP contribution in [0.15, 0.2) is 53.6 Å². The Kier molecular flexibility index (Phi) is 6.95. The molecule has 2 aromatic rings. The minimum atomic E-state index is -1.30. The van der Waals surface area contributed by atoms with Gasteiger partial charge in [0.05, 0.1) is 33.1 Å². The maximum Gasteiger partial charge on any atom is 0.407 e. The number of aliphatic carboxylic acids is 1. The Balaban J connectivity index is 1.77. The molecule has 3 rings (SSSR count). The van der Waals surface area contributed by atoms with Gasteiger partial charge in [-0.1, -0.05) is 60.6 Å². The molecule has 0 fully saturated rings. The van der Waals surface area contributed by atoms with Gasteiger partial charge in [-0.25, -0.2) is 9.59 Å². The molecule has 0 radical (unpaired) electrons. The van der Waals surface area contributed by atoms with Crippen LogP contribution < -0.4 is 5.32 Å². The highest BCUT2D eigenvalue weighted by molar-refractivity contribution is 5.81. The summed E-state index contributed by atoms with van der Waals surface area (Å²) in [6.07, 6.45) is -0.821. The molecule has 0 bridgehead atoms. The Morgan fingerprint density at radius 2 is 1.70 bits per heavy atom. The van der Waals surface area contributed by atoms with Crippen molar-refractivity contribution in [3.8, 4) is 11.1 Å². The number of fused-ring (bicyclic) bond motifs is 3. The van der Waals surface area contributed by atoms with Crippen LogP contribution in [0.5, 0.6) is 0 Å². The highest BCUT2D eigenvalue weighted by Crippen LogP contribution is 2.44. The van der Waals surface area contributed by atoms with Crippen LogP contribution in [0, 0.1) is 5.41 Å². The van der Waals surface area contributed by atoms with Crippen molar-refractivity contribution >= 4 is 12.1 Å². The summed E-state index contributed by atoms with van der Waals surface area (Å²) in [5.74, 6) is -1.35. The van der Waals surface area contributed by atoms with Gasteiger partial charge in [0.15, 0.2) is 0 Å². The maximum atomic E-state index is 12.7. The number of hydrogen-bond donors (Lipinski definition) is 2. The van der Waals surface area contributed by atoms with E-state index >= 15 is 0 Å². The summed E-state index contributed by atoms with van der Waals surface area (Å²) in [7, 11) is 5.71. The molecule has 174 valence electrons. The number of nitrogens with zero attached hydrogens (tertiary/aromatic N) is 4. The molecule has 0 spiro atoms. The molecular weight excluding hydrogens is 422 g/mol. The molecule has 2 N–H and O–H groups in total. The first-order valence-electron chi connectivity index (χ1n) is 10.7. The van der Waals surface area contributed by atoms with Gasteiger partial charge in [0.1, 0.15) is 12.6 Å². The van der Waals surface area contributed by atoms with Crippen molar-refractivity contribution in [3.63, 3.8) is 0 Å². The number of azide groups is 1. The number of rotatable bonds is 9. The fourth-order valence-corrected chi connectivity index (χ4v) is 4.80. The van der Waals surface area contributed by atoms with Crippen LogP contribution in [-0.2, 0) is 9.53 Å². The number of quaternary nitrogens is 1. The van der Waals surface area contributed by atoms with Crippen LogP contribution in [0.25, 0.3) is 21.6 Å². The summed E-state index contributed by atoms with van der Waals surface area (Å²) >= 11 is 0. The number of amides is 1. The van der Waals surface area contributed by atoms with Crippen LogP contribution in [0.1, 0.15) is 24.0 Å². The molecule has 0 aromatic heterocycles. The zero-order valence-electron chi connectivity index (χ0n) is 19.4. The predicted molar refractivity (Wildman–Crippen MR) is 125 cm³/mol. The van der Waals surface area contributed by atoms with Crippen molar-refractivity contribution in [1.82, 2.24) is 5.32 Å². The van der Waals surface area contributed by atoms with E-state index in [4.69, 9.17) is 10.3 Å². The van der Waals surface area contributed by atoms with Crippen molar-refractivity contribution in [1.29, 1.82) is 0 Å². The third-order valence-corrected chi connectivity index (χ3v) is 5.88. The first-order valence-corrected chi connectivity index (χ1v) is 10.7. The lowest BCUT2D eigenvalue weighted by Crippen LogP contribution is -2.59. The van der Waals surface area contributed by atoms with Crippen molar-refractivity contribution in [2.45, 2.75) is 18.9 Å². The molecule has 9 heteroatoms. The molecule has 1 aliphatic carbocycles. The van der Waals surface area contributed by atoms with Crippen LogP contribution in [0.3, 0.4) is 0 Å². The molecular formula is C24H30N5O4+. The van der Waals surface area contributed by atoms with Crippen LogP contribution >= 0.6 is 0 Å². The Hall–Kier alpha value is -3.55. The number of ether oxygens (including phenoxy) is 1. The van der Waals surface area contributed by atoms with E-state index in [1.54, 1.807) is 6.92 Å². The molecule has 2 atom stereocenters. The molecule has 0 unspecified atom stereocenters. The molecule has 1 amide bonds. The number of carboxylic acids is 1.